The van der Waals surface area contributed by atoms with E-state index in [4.69, 9.17) is 0 Å². The van der Waals surface area contributed by atoms with E-state index in [2.05, 4.69) is 25.8 Å². The third-order valence-corrected chi connectivity index (χ3v) is 5.20. The normalized spacial score (nSPS) is 13.2. The van der Waals surface area contributed by atoms with E-state index >= 15 is 0 Å². The summed E-state index contributed by atoms with van der Waals surface area (Å²) in [4.78, 5) is 30.4. The Morgan fingerprint density at radius 1 is 1.20 bits per heavy atom. The summed E-state index contributed by atoms with van der Waals surface area (Å²) in [6.45, 7) is 3.81. The van der Waals surface area contributed by atoms with E-state index in [9.17, 15) is 9.59 Å². The van der Waals surface area contributed by atoms with Crippen LogP contribution < -0.4 is 10.6 Å². The molecule has 1 amide bonds. The highest BCUT2D eigenvalue weighted by atomic mass is 16.2. The van der Waals surface area contributed by atoms with Crippen LogP contribution in [0.5, 0.6) is 0 Å². The molecule has 1 aliphatic carbocycles. The summed E-state index contributed by atoms with van der Waals surface area (Å²) < 4.78 is 0. The van der Waals surface area contributed by atoms with E-state index in [0.717, 1.165) is 35.3 Å². The Morgan fingerprint density at radius 3 is 2.67 bits per heavy atom. The van der Waals surface area contributed by atoms with Crippen molar-refractivity contribution in [3.63, 3.8) is 0 Å². The summed E-state index contributed by atoms with van der Waals surface area (Å²) in [7, 11) is 1.78. The Balaban J connectivity index is 1.68. The van der Waals surface area contributed by atoms with E-state index in [1.807, 2.05) is 32.0 Å². The van der Waals surface area contributed by atoms with Crippen LogP contribution in [0.3, 0.4) is 0 Å². The van der Waals surface area contributed by atoms with Gasteiger partial charge >= 0.3 is 0 Å². The third-order valence-electron chi connectivity index (χ3n) is 5.20. The molecule has 3 aromatic rings. The lowest BCUT2D eigenvalue weighted by atomic mass is 10.0. The molecule has 0 bridgehead atoms. The first-order valence-electron chi connectivity index (χ1n) is 10.0. The largest absolute Gasteiger partial charge is 0.355 e. The molecule has 2 aromatic heterocycles. The summed E-state index contributed by atoms with van der Waals surface area (Å²) >= 11 is 0. The number of aromatic nitrogens is 4. The summed E-state index contributed by atoms with van der Waals surface area (Å²) in [5, 5.41) is 14.7. The highest BCUT2D eigenvalue weighted by molar-refractivity contribution is 6.02. The molecule has 2 heterocycles. The minimum absolute atomic E-state index is 0.0206. The van der Waals surface area contributed by atoms with Gasteiger partial charge in [0.05, 0.1) is 17.4 Å². The van der Waals surface area contributed by atoms with Crippen molar-refractivity contribution in [1.82, 2.24) is 20.0 Å². The molecule has 0 radical (unpaired) electrons. The number of nitrogens with one attached hydrogen (secondary N) is 2. The van der Waals surface area contributed by atoms with Crippen LogP contribution in [-0.2, 0) is 11.8 Å². The molecule has 1 aromatic carbocycles. The number of amides is 1. The van der Waals surface area contributed by atoms with E-state index in [-0.39, 0.29) is 17.6 Å². The van der Waals surface area contributed by atoms with E-state index < -0.39 is 0 Å². The van der Waals surface area contributed by atoms with Gasteiger partial charge in [0.1, 0.15) is 11.5 Å². The van der Waals surface area contributed by atoms with Gasteiger partial charge < -0.3 is 10.6 Å². The Labute approximate surface area is 174 Å². The number of hydrogen-bond acceptors (Lipinski definition) is 6. The first-order valence-corrected chi connectivity index (χ1v) is 10.0. The smallest absolute Gasteiger partial charge is 0.228 e. The molecule has 154 valence electrons. The zero-order chi connectivity index (χ0) is 21.3. The van der Waals surface area contributed by atoms with Gasteiger partial charge in [0.2, 0.25) is 5.91 Å². The summed E-state index contributed by atoms with van der Waals surface area (Å²) in [5.41, 5.74) is 4.65. The van der Waals surface area contributed by atoms with Crippen molar-refractivity contribution in [1.29, 1.82) is 0 Å². The van der Waals surface area contributed by atoms with Gasteiger partial charge in [0.25, 0.3) is 0 Å². The Bertz CT molecular complexity index is 1120. The predicted octanol–water partition coefficient (Wildman–Crippen LogP) is 3.87. The summed E-state index contributed by atoms with van der Waals surface area (Å²) in [6.07, 6.45) is 5.44. The molecule has 1 aliphatic rings. The van der Waals surface area contributed by atoms with Gasteiger partial charge in [-0.25, -0.2) is 4.98 Å². The van der Waals surface area contributed by atoms with Gasteiger partial charge in [0.15, 0.2) is 5.78 Å². The highest BCUT2D eigenvalue weighted by Gasteiger charge is 2.30. The van der Waals surface area contributed by atoms with Crippen LogP contribution in [0, 0.1) is 12.8 Å². The van der Waals surface area contributed by atoms with Gasteiger partial charge in [-0.3, -0.25) is 9.59 Å². The number of carbonyl (C=O) groups excluding carboxylic acids is 2. The number of benzene rings is 1. The quantitative estimate of drug-likeness (QED) is 0.580. The number of pyridine rings is 1. The van der Waals surface area contributed by atoms with Gasteiger partial charge in [-0.2, -0.15) is 15.0 Å². The number of rotatable bonds is 7. The third kappa shape index (κ3) is 4.07. The molecular weight excluding hydrogens is 380 g/mol. The first-order chi connectivity index (χ1) is 14.5. The van der Waals surface area contributed by atoms with Crippen LogP contribution in [-0.4, -0.2) is 31.7 Å². The Kier molecular flexibility index (Phi) is 5.31. The van der Waals surface area contributed by atoms with Gasteiger partial charge in [-0.1, -0.05) is 19.1 Å². The second kappa shape index (κ2) is 8.06. The topological polar surface area (TPSA) is 102 Å². The molecule has 1 fully saturated rings. The van der Waals surface area contributed by atoms with Crippen molar-refractivity contribution in [2.75, 3.05) is 10.6 Å². The van der Waals surface area contributed by atoms with Gasteiger partial charge in [-0.15, -0.1) is 0 Å². The second-order valence-corrected chi connectivity index (χ2v) is 7.48. The highest BCUT2D eigenvalue weighted by Crippen LogP contribution is 2.33. The van der Waals surface area contributed by atoms with Crippen molar-refractivity contribution >= 4 is 28.9 Å². The van der Waals surface area contributed by atoms with Crippen LogP contribution in [0.25, 0.3) is 11.3 Å². The van der Waals surface area contributed by atoms with Crippen LogP contribution in [0.1, 0.15) is 42.1 Å². The minimum Gasteiger partial charge on any atom is -0.355 e. The predicted molar refractivity (Wildman–Crippen MR) is 115 cm³/mol. The number of anilines is 3. The van der Waals surface area contributed by atoms with Crippen molar-refractivity contribution < 1.29 is 9.59 Å². The molecule has 2 N–H and O–H groups in total. The number of Topliss-reactive ketones (excluding diaryl/α,β-unsaturated/α-hetero) is 1. The lowest BCUT2D eigenvalue weighted by molar-refractivity contribution is -0.117. The van der Waals surface area contributed by atoms with Crippen molar-refractivity contribution in [3.05, 3.63) is 47.8 Å². The fourth-order valence-corrected chi connectivity index (χ4v) is 3.28. The zero-order valence-electron chi connectivity index (χ0n) is 17.3. The Hall–Kier alpha value is -3.55. The molecule has 8 heteroatoms. The zero-order valence-corrected chi connectivity index (χ0v) is 17.3. The lowest BCUT2D eigenvalue weighted by Crippen LogP contribution is -2.15. The molecule has 0 atom stereocenters. The lowest BCUT2D eigenvalue weighted by Gasteiger charge is -2.16. The van der Waals surface area contributed by atoms with E-state index in [1.54, 1.807) is 19.3 Å². The maximum atomic E-state index is 12.5. The molecule has 0 unspecified atom stereocenters. The Morgan fingerprint density at radius 2 is 2.00 bits per heavy atom. The van der Waals surface area contributed by atoms with Crippen LogP contribution in [0.4, 0.5) is 17.2 Å². The number of hydrogen-bond donors (Lipinski definition) is 2. The van der Waals surface area contributed by atoms with Crippen LogP contribution >= 0.6 is 0 Å². The van der Waals surface area contributed by atoms with Crippen molar-refractivity contribution in [3.8, 4) is 11.3 Å². The summed E-state index contributed by atoms with van der Waals surface area (Å²) in [5.74, 6) is 0.465. The fraction of sp³-hybridized carbons (Fsp3) is 0.318. The molecular formula is C22H24N6O2. The number of aryl methyl sites for hydroxylation is 1. The standard InChI is InChI=1S/C22H24N6O2/c1-4-20(29)16-11-23-21(26-22(30)14-8-9-14)10-18(16)25-17-7-5-6-15(13(17)2)19-12-24-28(3)27-19/h5-7,10-12,14H,4,8-9H2,1-3H3,(H2,23,25,26,30). The van der Waals surface area contributed by atoms with E-state index in [1.165, 1.54) is 11.0 Å². The minimum atomic E-state index is -0.0242. The molecule has 0 spiro atoms. The average molecular weight is 404 g/mol. The molecule has 30 heavy (non-hydrogen) atoms. The van der Waals surface area contributed by atoms with Gasteiger partial charge in [0, 0.05) is 42.9 Å². The average Bonchev–Trinajstić information content (AvgIpc) is 3.50. The maximum Gasteiger partial charge on any atom is 0.228 e. The molecule has 8 nitrogen and oxygen atoms in total. The van der Waals surface area contributed by atoms with E-state index in [0.29, 0.717) is 23.5 Å². The fourth-order valence-electron chi connectivity index (χ4n) is 3.28. The maximum absolute atomic E-state index is 12.5. The monoisotopic (exact) mass is 404 g/mol. The second-order valence-electron chi connectivity index (χ2n) is 7.48. The summed E-state index contributed by atoms with van der Waals surface area (Å²) in [6, 6.07) is 7.57. The molecule has 0 aliphatic heterocycles. The SMILES string of the molecule is CCC(=O)c1cnc(NC(=O)C2CC2)cc1Nc1cccc(-c2cnn(C)n2)c1C. The van der Waals surface area contributed by atoms with Crippen molar-refractivity contribution in [2.45, 2.75) is 33.1 Å². The number of ketones is 1. The number of nitrogens with zero attached hydrogens (tertiary/aromatic N) is 4. The number of carbonyl (C=O) groups is 2. The first kappa shape index (κ1) is 19.8. The van der Waals surface area contributed by atoms with Crippen LogP contribution in [0.2, 0.25) is 0 Å². The molecule has 1 saturated carbocycles. The van der Waals surface area contributed by atoms with Gasteiger partial charge in [-0.05, 0) is 31.4 Å². The molecule has 0 saturated heterocycles. The van der Waals surface area contributed by atoms with Crippen LogP contribution in [0.15, 0.2) is 36.7 Å². The molecule has 4 rings (SSSR count). The van der Waals surface area contributed by atoms with Crippen molar-refractivity contribution in [2.24, 2.45) is 13.0 Å².